The second-order valence-electron chi connectivity index (χ2n) is 4.98. The van der Waals surface area contributed by atoms with E-state index in [2.05, 4.69) is 12.3 Å². The average molecular weight is 257 g/mol. The lowest BCUT2D eigenvalue weighted by atomic mass is 9.77. The molecule has 3 nitrogen and oxygen atoms in total. The largest absolute Gasteiger partial charge is 0.448 e. The van der Waals surface area contributed by atoms with E-state index in [0.29, 0.717) is 11.1 Å². The normalized spacial score (nSPS) is 27.0. The Morgan fingerprint density at radius 3 is 2.59 bits per heavy atom. The predicted molar refractivity (Wildman–Crippen MR) is 69.5 cm³/mol. The Hall–Kier alpha value is -0.510. The summed E-state index contributed by atoms with van der Waals surface area (Å²) in [6.07, 6.45) is 6.32. The lowest BCUT2D eigenvalue weighted by molar-refractivity contribution is 0.203. The molecule has 1 aromatic rings. The van der Waals surface area contributed by atoms with E-state index in [1.807, 2.05) is 6.07 Å². The van der Waals surface area contributed by atoms with Crippen molar-refractivity contribution in [2.45, 2.75) is 45.1 Å². The maximum Gasteiger partial charge on any atom is 0.193 e. The van der Waals surface area contributed by atoms with E-state index in [4.69, 9.17) is 21.9 Å². The van der Waals surface area contributed by atoms with Crippen molar-refractivity contribution in [1.82, 2.24) is 5.43 Å². The Labute approximate surface area is 108 Å². The van der Waals surface area contributed by atoms with E-state index in [-0.39, 0.29) is 6.04 Å². The van der Waals surface area contributed by atoms with Gasteiger partial charge in [-0.3, -0.25) is 5.84 Å². The van der Waals surface area contributed by atoms with Crippen LogP contribution in [0.2, 0.25) is 5.22 Å². The minimum atomic E-state index is 0.0975. The van der Waals surface area contributed by atoms with Crippen LogP contribution in [0.25, 0.3) is 0 Å². The summed E-state index contributed by atoms with van der Waals surface area (Å²) in [5.41, 5.74) is 2.88. The van der Waals surface area contributed by atoms with Gasteiger partial charge in [0.25, 0.3) is 0 Å². The number of rotatable bonds is 4. The first-order chi connectivity index (χ1) is 8.24. The second kappa shape index (κ2) is 5.89. The van der Waals surface area contributed by atoms with E-state index in [1.165, 1.54) is 32.1 Å². The van der Waals surface area contributed by atoms with Crippen LogP contribution in [0.15, 0.2) is 16.5 Å². The summed E-state index contributed by atoms with van der Waals surface area (Å²) >= 11 is 5.81. The summed E-state index contributed by atoms with van der Waals surface area (Å²) in [5.74, 6) is 7.97. The number of hydrogen-bond acceptors (Lipinski definition) is 3. The lowest BCUT2D eigenvalue weighted by Crippen LogP contribution is -2.35. The minimum absolute atomic E-state index is 0.0975. The van der Waals surface area contributed by atoms with Crippen molar-refractivity contribution in [2.24, 2.45) is 17.7 Å². The number of nitrogens with two attached hydrogens (primary N) is 1. The molecule has 0 radical (unpaired) electrons. The van der Waals surface area contributed by atoms with Gasteiger partial charge in [0.15, 0.2) is 5.22 Å². The Bertz CT molecular complexity index is 345. The zero-order valence-electron chi connectivity index (χ0n) is 10.3. The van der Waals surface area contributed by atoms with Gasteiger partial charge < -0.3 is 4.42 Å². The quantitative estimate of drug-likeness (QED) is 0.639. The van der Waals surface area contributed by atoms with Crippen molar-refractivity contribution in [2.75, 3.05) is 0 Å². The Morgan fingerprint density at radius 2 is 2.12 bits per heavy atom. The standard InChI is InChI=1S/C13H21ClN2O/c1-2-9-3-5-10(6-4-9)13(16-15)11-7-8-12(14)17-11/h7-10,13,16H,2-6,15H2,1H3. The summed E-state index contributed by atoms with van der Waals surface area (Å²) in [4.78, 5) is 0. The van der Waals surface area contributed by atoms with Crippen LogP contribution in [0, 0.1) is 11.8 Å². The highest BCUT2D eigenvalue weighted by atomic mass is 35.5. The smallest absolute Gasteiger partial charge is 0.193 e. The van der Waals surface area contributed by atoms with E-state index in [0.717, 1.165) is 11.7 Å². The van der Waals surface area contributed by atoms with Crippen LogP contribution in [0.1, 0.15) is 50.8 Å². The molecule has 0 aliphatic heterocycles. The molecule has 96 valence electrons. The SMILES string of the molecule is CCC1CCC(C(NN)c2ccc(Cl)o2)CC1. The van der Waals surface area contributed by atoms with Gasteiger partial charge in [-0.2, -0.15) is 0 Å². The predicted octanol–water partition coefficient (Wildman–Crippen LogP) is 3.65. The van der Waals surface area contributed by atoms with Crippen LogP contribution >= 0.6 is 11.6 Å². The highest BCUT2D eigenvalue weighted by Crippen LogP contribution is 2.38. The van der Waals surface area contributed by atoms with E-state index in [9.17, 15) is 0 Å². The first kappa shape index (κ1) is 12.9. The fourth-order valence-electron chi connectivity index (χ4n) is 2.88. The fraction of sp³-hybridized carbons (Fsp3) is 0.692. The summed E-state index contributed by atoms with van der Waals surface area (Å²) in [6.45, 7) is 2.27. The molecule has 4 heteroatoms. The van der Waals surface area contributed by atoms with Crippen LogP contribution in [0.4, 0.5) is 0 Å². The molecular weight excluding hydrogens is 236 g/mol. The molecule has 1 aliphatic rings. The van der Waals surface area contributed by atoms with E-state index >= 15 is 0 Å². The van der Waals surface area contributed by atoms with Crippen LogP contribution in [0.3, 0.4) is 0 Å². The molecule has 2 rings (SSSR count). The zero-order chi connectivity index (χ0) is 12.3. The maximum atomic E-state index is 5.81. The summed E-state index contributed by atoms with van der Waals surface area (Å²) < 4.78 is 5.47. The van der Waals surface area contributed by atoms with Gasteiger partial charge >= 0.3 is 0 Å². The van der Waals surface area contributed by atoms with Gasteiger partial charge in [0.05, 0.1) is 6.04 Å². The molecule has 1 aromatic heterocycles. The third kappa shape index (κ3) is 3.03. The monoisotopic (exact) mass is 256 g/mol. The Kier molecular flexibility index (Phi) is 4.48. The van der Waals surface area contributed by atoms with Gasteiger partial charge in [-0.05, 0) is 48.4 Å². The third-order valence-corrected chi connectivity index (χ3v) is 4.22. The number of nitrogens with one attached hydrogen (secondary N) is 1. The molecule has 1 heterocycles. The highest BCUT2D eigenvalue weighted by molar-refractivity contribution is 6.28. The van der Waals surface area contributed by atoms with E-state index in [1.54, 1.807) is 6.07 Å². The molecule has 0 saturated heterocycles. The maximum absolute atomic E-state index is 5.81. The molecule has 3 N–H and O–H groups in total. The molecule has 1 atom stereocenters. The van der Waals surface area contributed by atoms with Crippen molar-refractivity contribution < 1.29 is 4.42 Å². The van der Waals surface area contributed by atoms with Crippen LogP contribution in [0.5, 0.6) is 0 Å². The van der Waals surface area contributed by atoms with Crippen molar-refractivity contribution in [3.8, 4) is 0 Å². The molecule has 1 unspecified atom stereocenters. The number of hydrazine groups is 1. The van der Waals surface area contributed by atoms with Crippen LogP contribution in [-0.4, -0.2) is 0 Å². The molecule has 1 saturated carbocycles. The molecule has 0 bridgehead atoms. The number of hydrogen-bond donors (Lipinski definition) is 2. The molecule has 0 spiro atoms. The molecule has 17 heavy (non-hydrogen) atoms. The Morgan fingerprint density at radius 1 is 1.41 bits per heavy atom. The van der Waals surface area contributed by atoms with Crippen LogP contribution < -0.4 is 11.3 Å². The van der Waals surface area contributed by atoms with Gasteiger partial charge in [0.1, 0.15) is 5.76 Å². The average Bonchev–Trinajstić information content (AvgIpc) is 2.78. The second-order valence-corrected chi connectivity index (χ2v) is 5.35. The molecule has 0 aromatic carbocycles. The van der Waals surface area contributed by atoms with Crippen LogP contribution in [-0.2, 0) is 0 Å². The van der Waals surface area contributed by atoms with Crippen molar-refractivity contribution >= 4 is 11.6 Å². The van der Waals surface area contributed by atoms with Crippen molar-refractivity contribution in [3.63, 3.8) is 0 Å². The first-order valence-electron chi connectivity index (χ1n) is 6.46. The summed E-state index contributed by atoms with van der Waals surface area (Å²) in [7, 11) is 0. The Balaban J connectivity index is 2.00. The summed E-state index contributed by atoms with van der Waals surface area (Å²) in [5, 5.41) is 0.433. The topological polar surface area (TPSA) is 51.2 Å². The zero-order valence-corrected chi connectivity index (χ0v) is 11.0. The molecule has 1 fully saturated rings. The molecule has 0 amide bonds. The molecular formula is C13H21ClN2O. The van der Waals surface area contributed by atoms with Gasteiger partial charge in [-0.15, -0.1) is 0 Å². The highest BCUT2D eigenvalue weighted by Gasteiger charge is 2.29. The van der Waals surface area contributed by atoms with Crippen molar-refractivity contribution in [3.05, 3.63) is 23.1 Å². The minimum Gasteiger partial charge on any atom is -0.448 e. The first-order valence-corrected chi connectivity index (χ1v) is 6.83. The van der Waals surface area contributed by atoms with Gasteiger partial charge in [-0.1, -0.05) is 26.2 Å². The number of furan rings is 1. The number of halogens is 1. The summed E-state index contributed by atoms with van der Waals surface area (Å²) in [6, 6.07) is 3.79. The van der Waals surface area contributed by atoms with Gasteiger partial charge in [0, 0.05) is 0 Å². The van der Waals surface area contributed by atoms with Gasteiger partial charge in [-0.25, -0.2) is 5.43 Å². The fourth-order valence-corrected chi connectivity index (χ4v) is 3.03. The lowest BCUT2D eigenvalue weighted by Gasteiger charge is -2.32. The van der Waals surface area contributed by atoms with Crippen molar-refractivity contribution in [1.29, 1.82) is 0 Å². The molecule has 1 aliphatic carbocycles. The van der Waals surface area contributed by atoms with Gasteiger partial charge in [0.2, 0.25) is 0 Å². The van der Waals surface area contributed by atoms with E-state index < -0.39 is 0 Å². The third-order valence-electron chi connectivity index (χ3n) is 4.02.